The Kier molecular flexibility index (Phi) is 6.15. The number of alkyl carbamates (subject to hydrolysis) is 1. The van der Waals surface area contributed by atoms with Crippen LogP contribution in [0.25, 0.3) is 0 Å². The highest BCUT2D eigenvalue weighted by Crippen LogP contribution is 2.02. The van der Waals surface area contributed by atoms with Crippen LogP contribution in [-0.4, -0.2) is 35.2 Å². The largest absolute Gasteiger partial charge is 0.480 e. The lowest BCUT2D eigenvalue weighted by Crippen LogP contribution is -2.53. The Labute approximate surface area is 121 Å². The van der Waals surface area contributed by atoms with E-state index in [1.54, 1.807) is 24.3 Å². The number of primary amides is 1. The van der Waals surface area contributed by atoms with Crippen LogP contribution in [0, 0.1) is 0 Å². The van der Waals surface area contributed by atoms with Gasteiger partial charge in [0.05, 0.1) is 6.04 Å². The van der Waals surface area contributed by atoms with Crippen LogP contribution in [0.5, 0.6) is 0 Å². The first-order chi connectivity index (χ1) is 9.90. The van der Waals surface area contributed by atoms with Gasteiger partial charge in [-0.2, -0.15) is 0 Å². The molecule has 21 heavy (non-hydrogen) atoms. The molecule has 2 amide bonds. The van der Waals surface area contributed by atoms with Crippen molar-refractivity contribution in [1.82, 2.24) is 5.32 Å². The van der Waals surface area contributed by atoms with E-state index in [9.17, 15) is 14.4 Å². The number of nitrogens with two attached hydrogens (primary N) is 2. The zero-order valence-electron chi connectivity index (χ0n) is 11.2. The van der Waals surface area contributed by atoms with E-state index in [1.165, 1.54) is 0 Å². The van der Waals surface area contributed by atoms with Crippen molar-refractivity contribution in [3.05, 3.63) is 35.9 Å². The van der Waals surface area contributed by atoms with Gasteiger partial charge in [-0.15, -0.1) is 0 Å². The summed E-state index contributed by atoms with van der Waals surface area (Å²) in [4.78, 5) is 33.3. The normalized spacial score (nSPS) is 13.0. The van der Waals surface area contributed by atoms with Crippen molar-refractivity contribution in [2.75, 3.05) is 0 Å². The Balaban J connectivity index is 2.55. The van der Waals surface area contributed by atoms with Crippen LogP contribution >= 0.6 is 0 Å². The van der Waals surface area contributed by atoms with Crippen molar-refractivity contribution in [1.29, 1.82) is 0 Å². The zero-order valence-corrected chi connectivity index (χ0v) is 11.2. The monoisotopic (exact) mass is 295 g/mol. The van der Waals surface area contributed by atoms with Crippen LogP contribution in [0.3, 0.4) is 0 Å². The number of carboxylic acids is 1. The van der Waals surface area contributed by atoms with E-state index >= 15 is 0 Å². The van der Waals surface area contributed by atoms with Crippen LogP contribution in [0.2, 0.25) is 0 Å². The number of rotatable bonds is 7. The molecule has 0 spiro atoms. The number of carbonyl (C=O) groups excluding carboxylic acids is 2. The lowest BCUT2D eigenvalue weighted by molar-refractivity contribution is -0.139. The van der Waals surface area contributed by atoms with Crippen LogP contribution in [-0.2, 0) is 20.9 Å². The maximum atomic E-state index is 11.6. The maximum absolute atomic E-state index is 11.6. The van der Waals surface area contributed by atoms with Gasteiger partial charge in [-0.3, -0.25) is 9.59 Å². The summed E-state index contributed by atoms with van der Waals surface area (Å²) < 4.78 is 4.92. The van der Waals surface area contributed by atoms with Crippen LogP contribution in [0.1, 0.15) is 12.0 Å². The van der Waals surface area contributed by atoms with E-state index in [-0.39, 0.29) is 6.61 Å². The molecule has 114 valence electrons. The van der Waals surface area contributed by atoms with Gasteiger partial charge in [0.25, 0.3) is 0 Å². The fourth-order valence-corrected chi connectivity index (χ4v) is 1.57. The molecule has 0 fully saturated rings. The molecule has 0 heterocycles. The van der Waals surface area contributed by atoms with E-state index in [2.05, 4.69) is 5.32 Å². The van der Waals surface area contributed by atoms with Gasteiger partial charge in [0.15, 0.2) is 0 Å². The number of ether oxygens (including phenoxy) is 1. The van der Waals surface area contributed by atoms with E-state index in [0.717, 1.165) is 5.56 Å². The standard InChI is InChI=1S/C13H17N3O5/c14-10(17)6-9(11(15)12(18)19)16-13(20)21-7-8-4-2-1-3-5-8/h1-5,9,11H,6-7,15H2,(H2,14,17)(H,16,20)(H,18,19)/t9-,11-/m0/s1. The second kappa shape index (κ2) is 7.85. The Hall–Kier alpha value is -2.61. The summed E-state index contributed by atoms with van der Waals surface area (Å²) in [5.74, 6) is -2.13. The summed E-state index contributed by atoms with van der Waals surface area (Å²) in [6.07, 6.45) is -1.27. The number of benzene rings is 1. The summed E-state index contributed by atoms with van der Waals surface area (Å²) >= 11 is 0. The van der Waals surface area contributed by atoms with Crippen molar-refractivity contribution in [3.8, 4) is 0 Å². The zero-order chi connectivity index (χ0) is 15.8. The highest BCUT2D eigenvalue weighted by molar-refractivity contribution is 5.80. The number of hydrogen-bond donors (Lipinski definition) is 4. The Morgan fingerprint density at radius 2 is 1.86 bits per heavy atom. The van der Waals surface area contributed by atoms with E-state index in [4.69, 9.17) is 21.3 Å². The smallest absolute Gasteiger partial charge is 0.407 e. The molecule has 0 aliphatic heterocycles. The molecule has 0 saturated carbocycles. The fraction of sp³-hybridized carbons (Fsp3) is 0.308. The predicted octanol–water partition coefficient (Wildman–Crippen LogP) is -0.431. The Bertz CT molecular complexity index is 506. The molecule has 0 aliphatic carbocycles. The molecule has 8 nitrogen and oxygen atoms in total. The molecule has 0 aliphatic rings. The SMILES string of the molecule is NC(=O)C[C@H](NC(=O)OCc1ccccc1)[C@H](N)C(=O)O. The molecule has 6 N–H and O–H groups in total. The van der Waals surface area contributed by atoms with Crippen molar-refractivity contribution < 1.29 is 24.2 Å². The second-order valence-electron chi connectivity index (χ2n) is 4.35. The first-order valence-electron chi connectivity index (χ1n) is 6.14. The predicted molar refractivity (Wildman–Crippen MR) is 73.0 cm³/mol. The summed E-state index contributed by atoms with van der Waals surface area (Å²) in [5, 5.41) is 11.0. The average Bonchev–Trinajstić information content (AvgIpc) is 2.44. The van der Waals surface area contributed by atoms with Crippen LogP contribution in [0.15, 0.2) is 30.3 Å². The molecule has 2 atom stereocenters. The Morgan fingerprint density at radius 1 is 1.24 bits per heavy atom. The molecule has 0 aromatic heterocycles. The van der Waals surface area contributed by atoms with Gasteiger partial charge in [-0.05, 0) is 5.56 Å². The van der Waals surface area contributed by atoms with Crippen molar-refractivity contribution in [2.24, 2.45) is 11.5 Å². The molecule has 0 radical (unpaired) electrons. The van der Waals surface area contributed by atoms with Crippen molar-refractivity contribution >= 4 is 18.0 Å². The van der Waals surface area contributed by atoms with Gasteiger partial charge in [0.1, 0.15) is 12.6 Å². The summed E-state index contributed by atoms with van der Waals surface area (Å²) in [6, 6.07) is 6.32. The molecule has 0 unspecified atom stereocenters. The number of carboxylic acid groups (broad SMARTS) is 1. The molecule has 1 rings (SSSR count). The molecular formula is C13H17N3O5. The summed E-state index contributed by atoms with van der Waals surface area (Å²) in [6.45, 7) is 0.0122. The molecule has 0 saturated heterocycles. The van der Waals surface area contributed by atoms with Gasteiger partial charge in [-0.25, -0.2) is 4.79 Å². The maximum Gasteiger partial charge on any atom is 0.407 e. The van der Waals surface area contributed by atoms with Gasteiger partial charge >= 0.3 is 12.1 Å². The minimum atomic E-state index is -1.46. The van der Waals surface area contributed by atoms with Crippen LogP contribution in [0.4, 0.5) is 4.79 Å². The third kappa shape index (κ3) is 5.91. The van der Waals surface area contributed by atoms with Gasteiger partial charge in [0, 0.05) is 6.42 Å². The summed E-state index contributed by atoms with van der Waals surface area (Å²) in [5.41, 5.74) is 11.1. The molecule has 1 aromatic rings. The van der Waals surface area contributed by atoms with Gasteiger partial charge in [-0.1, -0.05) is 30.3 Å². The highest BCUT2D eigenvalue weighted by Gasteiger charge is 2.27. The molecule has 8 heteroatoms. The first kappa shape index (κ1) is 16.4. The van der Waals surface area contributed by atoms with Gasteiger partial charge in [0.2, 0.25) is 5.91 Å². The van der Waals surface area contributed by atoms with Crippen molar-refractivity contribution in [3.63, 3.8) is 0 Å². The van der Waals surface area contributed by atoms with E-state index in [0.29, 0.717) is 0 Å². The number of aliphatic carboxylic acids is 1. The third-order valence-electron chi connectivity index (χ3n) is 2.66. The Morgan fingerprint density at radius 3 is 2.38 bits per heavy atom. The summed E-state index contributed by atoms with van der Waals surface area (Å²) in [7, 11) is 0. The molecule has 1 aromatic carbocycles. The molecule has 0 bridgehead atoms. The lowest BCUT2D eigenvalue weighted by Gasteiger charge is -2.20. The number of nitrogens with one attached hydrogen (secondary N) is 1. The third-order valence-corrected chi connectivity index (χ3v) is 2.66. The van der Waals surface area contributed by atoms with E-state index < -0.39 is 36.5 Å². The van der Waals surface area contributed by atoms with Crippen molar-refractivity contribution in [2.45, 2.75) is 25.1 Å². The number of amides is 2. The molecular weight excluding hydrogens is 278 g/mol. The fourth-order valence-electron chi connectivity index (χ4n) is 1.57. The van der Waals surface area contributed by atoms with Crippen LogP contribution < -0.4 is 16.8 Å². The minimum Gasteiger partial charge on any atom is -0.480 e. The average molecular weight is 295 g/mol. The quantitative estimate of drug-likeness (QED) is 0.537. The lowest BCUT2D eigenvalue weighted by atomic mass is 10.1. The highest BCUT2D eigenvalue weighted by atomic mass is 16.5. The number of hydrogen-bond acceptors (Lipinski definition) is 5. The van der Waals surface area contributed by atoms with Gasteiger partial charge < -0.3 is 26.6 Å². The number of carbonyl (C=O) groups is 3. The first-order valence-corrected chi connectivity index (χ1v) is 6.14. The minimum absolute atomic E-state index is 0.0122. The topological polar surface area (TPSA) is 145 Å². The second-order valence-corrected chi connectivity index (χ2v) is 4.35. The van der Waals surface area contributed by atoms with E-state index in [1.807, 2.05) is 6.07 Å².